The summed E-state index contributed by atoms with van der Waals surface area (Å²) in [4.78, 5) is 2.39. The fourth-order valence-electron chi connectivity index (χ4n) is 2.99. The second-order valence-corrected chi connectivity index (χ2v) is 6.27. The lowest BCUT2D eigenvalue weighted by atomic mass is 10.0. The van der Waals surface area contributed by atoms with Crippen LogP contribution in [-0.2, 0) is 0 Å². The van der Waals surface area contributed by atoms with Crippen molar-refractivity contribution in [2.45, 2.75) is 38.6 Å². The molecule has 6 nitrogen and oxygen atoms in total. The summed E-state index contributed by atoms with van der Waals surface area (Å²) in [7, 11) is 2.17. The molecule has 0 saturated carbocycles. The zero-order valence-electron chi connectivity index (χ0n) is 14.5. The van der Waals surface area contributed by atoms with Gasteiger partial charge in [-0.05, 0) is 45.0 Å². The number of para-hydroxylation sites is 1. The van der Waals surface area contributed by atoms with Crippen LogP contribution in [0.3, 0.4) is 0 Å². The van der Waals surface area contributed by atoms with Crippen LogP contribution in [0.4, 0.5) is 6.01 Å². The molecule has 0 aliphatic carbocycles. The average Bonchev–Trinajstić information content (AvgIpc) is 3.08. The van der Waals surface area contributed by atoms with Crippen LogP contribution < -0.4 is 10.1 Å². The molecule has 0 bridgehead atoms. The Kier molecular flexibility index (Phi) is 5.69. The predicted octanol–water partition coefficient (Wildman–Crippen LogP) is 3.42. The Morgan fingerprint density at radius 3 is 3.00 bits per heavy atom. The number of hydrogen-bond donors (Lipinski definition) is 1. The standard InChI is InChI=1S/C18H26N4O2/c1-3-12-23-16-10-5-4-9-15(16)17-20-21-18(24-17)19-13-14-8-6-7-11-22(14)2/h4-5,9-10,14H,3,6-8,11-13H2,1-2H3,(H,19,21). The van der Waals surface area contributed by atoms with Gasteiger partial charge in [-0.2, -0.15) is 0 Å². The van der Waals surface area contributed by atoms with Gasteiger partial charge in [0.15, 0.2) is 0 Å². The van der Waals surface area contributed by atoms with Crippen LogP contribution in [0.5, 0.6) is 5.75 Å². The fourth-order valence-corrected chi connectivity index (χ4v) is 2.99. The Hall–Kier alpha value is -2.08. The summed E-state index contributed by atoms with van der Waals surface area (Å²) >= 11 is 0. The highest BCUT2D eigenvalue weighted by atomic mass is 16.5. The largest absolute Gasteiger partial charge is 0.493 e. The van der Waals surface area contributed by atoms with Gasteiger partial charge in [-0.3, -0.25) is 0 Å². The quantitative estimate of drug-likeness (QED) is 0.839. The molecule has 24 heavy (non-hydrogen) atoms. The van der Waals surface area contributed by atoms with E-state index in [9.17, 15) is 0 Å². The maximum absolute atomic E-state index is 5.78. The van der Waals surface area contributed by atoms with Crippen molar-refractivity contribution in [2.24, 2.45) is 0 Å². The Morgan fingerprint density at radius 2 is 2.17 bits per heavy atom. The van der Waals surface area contributed by atoms with Crippen molar-refractivity contribution in [3.05, 3.63) is 24.3 Å². The van der Waals surface area contributed by atoms with E-state index in [1.165, 1.54) is 19.3 Å². The van der Waals surface area contributed by atoms with E-state index in [2.05, 4.69) is 34.4 Å². The minimum absolute atomic E-state index is 0.467. The van der Waals surface area contributed by atoms with Gasteiger partial charge in [0.25, 0.3) is 5.89 Å². The van der Waals surface area contributed by atoms with E-state index in [0.29, 0.717) is 24.6 Å². The zero-order valence-corrected chi connectivity index (χ0v) is 14.5. The van der Waals surface area contributed by atoms with Crippen LogP contribution in [0.15, 0.2) is 28.7 Å². The van der Waals surface area contributed by atoms with Gasteiger partial charge in [0.2, 0.25) is 0 Å². The highest BCUT2D eigenvalue weighted by Crippen LogP contribution is 2.29. The number of rotatable bonds is 7. The van der Waals surface area contributed by atoms with Crippen LogP contribution >= 0.6 is 0 Å². The first kappa shape index (κ1) is 16.8. The lowest BCUT2D eigenvalue weighted by Crippen LogP contribution is -2.40. The molecule has 2 aromatic rings. The minimum Gasteiger partial charge on any atom is -0.493 e. The topological polar surface area (TPSA) is 63.4 Å². The van der Waals surface area contributed by atoms with Crippen LogP contribution in [-0.4, -0.2) is 47.9 Å². The second-order valence-electron chi connectivity index (χ2n) is 6.27. The molecule has 130 valence electrons. The molecule has 1 fully saturated rings. The van der Waals surface area contributed by atoms with Crippen LogP contribution in [0, 0.1) is 0 Å². The fraction of sp³-hybridized carbons (Fsp3) is 0.556. The van der Waals surface area contributed by atoms with E-state index < -0.39 is 0 Å². The van der Waals surface area contributed by atoms with Crippen molar-refractivity contribution >= 4 is 6.01 Å². The number of anilines is 1. The van der Waals surface area contributed by atoms with Crippen molar-refractivity contribution in [1.29, 1.82) is 0 Å². The number of hydrogen-bond acceptors (Lipinski definition) is 6. The summed E-state index contributed by atoms with van der Waals surface area (Å²) in [6.45, 7) is 4.74. The third kappa shape index (κ3) is 4.06. The summed E-state index contributed by atoms with van der Waals surface area (Å²) in [6.07, 6.45) is 4.73. The first-order valence-electron chi connectivity index (χ1n) is 8.77. The van der Waals surface area contributed by atoms with Gasteiger partial charge >= 0.3 is 6.01 Å². The summed E-state index contributed by atoms with van der Waals surface area (Å²) in [5.41, 5.74) is 0.835. The molecule has 1 N–H and O–H groups in total. The molecular formula is C18H26N4O2. The van der Waals surface area contributed by atoms with Gasteiger partial charge in [-0.15, -0.1) is 5.10 Å². The molecule has 1 saturated heterocycles. The zero-order chi connectivity index (χ0) is 16.8. The maximum atomic E-state index is 5.78. The minimum atomic E-state index is 0.467. The van der Waals surface area contributed by atoms with Crippen molar-refractivity contribution in [3.8, 4) is 17.2 Å². The van der Waals surface area contributed by atoms with Gasteiger partial charge in [0.05, 0.1) is 12.2 Å². The Labute approximate surface area is 143 Å². The number of benzene rings is 1. The van der Waals surface area contributed by atoms with E-state index >= 15 is 0 Å². The van der Waals surface area contributed by atoms with Crippen LogP contribution in [0.2, 0.25) is 0 Å². The van der Waals surface area contributed by atoms with E-state index in [1.54, 1.807) is 0 Å². The molecule has 2 heterocycles. The number of aromatic nitrogens is 2. The Balaban J connectivity index is 1.65. The normalized spacial score (nSPS) is 18.5. The molecule has 1 aromatic heterocycles. The van der Waals surface area contributed by atoms with Crippen LogP contribution in [0.25, 0.3) is 11.5 Å². The number of likely N-dealkylation sites (tertiary alicyclic amines) is 1. The average molecular weight is 330 g/mol. The molecule has 0 radical (unpaired) electrons. The number of likely N-dealkylation sites (N-methyl/N-ethyl adjacent to an activating group) is 1. The van der Waals surface area contributed by atoms with Crippen molar-refractivity contribution in [3.63, 3.8) is 0 Å². The van der Waals surface area contributed by atoms with Gasteiger partial charge in [0.1, 0.15) is 5.75 Å². The van der Waals surface area contributed by atoms with Crippen molar-refractivity contribution in [1.82, 2.24) is 15.1 Å². The SMILES string of the molecule is CCCOc1ccccc1-c1nnc(NCC2CCCCN2C)o1. The smallest absolute Gasteiger partial charge is 0.315 e. The molecule has 1 unspecified atom stereocenters. The molecule has 1 aliphatic rings. The van der Waals surface area contributed by atoms with E-state index in [1.807, 2.05) is 24.3 Å². The number of nitrogens with zero attached hydrogens (tertiary/aromatic N) is 3. The predicted molar refractivity (Wildman–Crippen MR) is 94.3 cm³/mol. The van der Waals surface area contributed by atoms with Gasteiger partial charge < -0.3 is 19.4 Å². The van der Waals surface area contributed by atoms with Crippen molar-refractivity contribution < 1.29 is 9.15 Å². The number of piperidine rings is 1. The third-order valence-corrected chi connectivity index (χ3v) is 4.41. The summed E-state index contributed by atoms with van der Waals surface area (Å²) in [5, 5.41) is 11.6. The lowest BCUT2D eigenvalue weighted by molar-refractivity contribution is 0.194. The van der Waals surface area contributed by atoms with E-state index in [4.69, 9.17) is 9.15 Å². The van der Waals surface area contributed by atoms with E-state index in [0.717, 1.165) is 30.8 Å². The third-order valence-electron chi connectivity index (χ3n) is 4.41. The van der Waals surface area contributed by atoms with Crippen LogP contribution in [0.1, 0.15) is 32.6 Å². The summed E-state index contributed by atoms with van der Waals surface area (Å²) < 4.78 is 11.5. The van der Waals surface area contributed by atoms with Gasteiger partial charge in [-0.25, -0.2) is 0 Å². The highest BCUT2D eigenvalue weighted by Gasteiger charge is 2.20. The molecule has 3 rings (SSSR count). The summed E-state index contributed by atoms with van der Waals surface area (Å²) in [5.74, 6) is 1.27. The first-order valence-corrected chi connectivity index (χ1v) is 8.77. The van der Waals surface area contributed by atoms with Crippen molar-refractivity contribution in [2.75, 3.05) is 32.1 Å². The highest BCUT2D eigenvalue weighted by molar-refractivity contribution is 5.62. The maximum Gasteiger partial charge on any atom is 0.315 e. The summed E-state index contributed by atoms with van der Waals surface area (Å²) in [6, 6.07) is 8.76. The Bertz CT molecular complexity index is 643. The molecule has 6 heteroatoms. The Morgan fingerprint density at radius 1 is 1.29 bits per heavy atom. The van der Waals surface area contributed by atoms with Gasteiger partial charge in [-0.1, -0.05) is 30.6 Å². The first-order chi connectivity index (χ1) is 11.8. The number of ether oxygens (including phenoxy) is 1. The molecule has 1 aromatic carbocycles. The molecule has 1 atom stereocenters. The number of nitrogens with one attached hydrogen (secondary N) is 1. The van der Waals surface area contributed by atoms with Gasteiger partial charge in [0, 0.05) is 12.6 Å². The monoisotopic (exact) mass is 330 g/mol. The lowest BCUT2D eigenvalue weighted by Gasteiger charge is -2.32. The van der Waals surface area contributed by atoms with E-state index in [-0.39, 0.29) is 0 Å². The molecule has 0 spiro atoms. The molecular weight excluding hydrogens is 304 g/mol. The molecule has 1 aliphatic heterocycles. The second kappa shape index (κ2) is 8.15. The molecule has 0 amide bonds.